The van der Waals surface area contributed by atoms with Gasteiger partial charge in [-0.1, -0.05) is 12.1 Å². The highest BCUT2D eigenvalue weighted by molar-refractivity contribution is 5.97. The van der Waals surface area contributed by atoms with Gasteiger partial charge in [-0.15, -0.1) is 0 Å². The maximum atomic E-state index is 11.9. The average molecular weight is 265 g/mol. The van der Waals surface area contributed by atoms with E-state index in [1.165, 1.54) is 0 Å². The Balaban J connectivity index is 2.51. The number of carbonyl (C=O) groups excluding carboxylic acids is 2. The largest absolute Gasteiger partial charge is 0.493 e. The Bertz CT molecular complexity index is 431. The van der Waals surface area contributed by atoms with Crippen LogP contribution in [0.2, 0.25) is 0 Å². The summed E-state index contributed by atoms with van der Waals surface area (Å²) >= 11 is 0. The maximum absolute atomic E-state index is 11.9. The smallest absolute Gasteiger partial charge is 0.307 e. The first-order valence-corrected chi connectivity index (χ1v) is 6.34. The van der Waals surface area contributed by atoms with Gasteiger partial charge in [0.05, 0.1) is 25.2 Å². The van der Waals surface area contributed by atoms with Crippen LogP contribution in [0, 0.1) is 0 Å². The molecule has 5 nitrogen and oxygen atoms in total. The molecule has 5 heteroatoms. The number of para-hydroxylation sites is 1. The molecule has 0 aliphatic heterocycles. The summed E-state index contributed by atoms with van der Waals surface area (Å²) in [5.41, 5.74) is 0.466. The summed E-state index contributed by atoms with van der Waals surface area (Å²) in [7, 11) is 0. The topological polar surface area (TPSA) is 64.6 Å². The minimum absolute atomic E-state index is 0.163. The van der Waals surface area contributed by atoms with Gasteiger partial charge in [0, 0.05) is 6.54 Å². The third-order valence-electron chi connectivity index (χ3n) is 2.35. The Morgan fingerprint density at radius 2 is 1.89 bits per heavy atom. The lowest BCUT2D eigenvalue weighted by Crippen LogP contribution is -2.27. The van der Waals surface area contributed by atoms with Crippen molar-refractivity contribution in [3.8, 4) is 5.75 Å². The average Bonchev–Trinajstić information content (AvgIpc) is 2.40. The van der Waals surface area contributed by atoms with Crippen molar-refractivity contribution in [2.24, 2.45) is 0 Å². The number of esters is 1. The van der Waals surface area contributed by atoms with Crippen LogP contribution in [0.4, 0.5) is 0 Å². The first kappa shape index (κ1) is 15.0. The highest BCUT2D eigenvalue weighted by atomic mass is 16.5. The van der Waals surface area contributed by atoms with E-state index < -0.39 is 0 Å². The number of hydrogen-bond donors (Lipinski definition) is 1. The molecule has 0 fully saturated rings. The molecule has 0 aliphatic carbocycles. The van der Waals surface area contributed by atoms with E-state index >= 15 is 0 Å². The number of carbonyl (C=O) groups is 2. The van der Waals surface area contributed by atoms with Crippen molar-refractivity contribution < 1.29 is 19.1 Å². The van der Waals surface area contributed by atoms with E-state index in [-0.39, 0.29) is 24.8 Å². The molecule has 1 amide bonds. The monoisotopic (exact) mass is 265 g/mol. The highest BCUT2D eigenvalue weighted by Crippen LogP contribution is 2.17. The second-order valence-corrected chi connectivity index (χ2v) is 3.74. The number of amides is 1. The van der Waals surface area contributed by atoms with Crippen molar-refractivity contribution in [2.45, 2.75) is 20.3 Å². The molecule has 0 saturated heterocycles. The zero-order valence-corrected chi connectivity index (χ0v) is 11.3. The van der Waals surface area contributed by atoms with E-state index in [9.17, 15) is 9.59 Å². The van der Waals surface area contributed by atoms with Crippen LogP contribution in [-0.4, -0.2) is 31.6 Å². The third kappa shape index (κ3) is 4.99. The molecule has 0 radical (unpaired) electrons. The Hall–Kier alpha value is -2.04. The Kier molecular flexibility index (Phi) is 6.43. The van der Waals surface area contributed by atoms with Crippen molar-refractivity contribution in [2.75, 3.05) is 19.8 Å². The summed E-state index contributed by atoms with van der Waals surface area (Å²) in [4.78, 5) is 23.1. The third-order valence-corrected chi connectivity index (χ3v) is 2.35. The summed E-state index contributed by atoms with van der Waals surface area (Å²) < 4.78 is 10.1. The van der Waals surface area contributed by atoms with Crippen molar-refractivity contribution in [1.29, 1.82) is 0 Å². The fourth-order valence-corrected chi connectivity index (χ4v) is 1.54. The quantitative estimate of drug-likeness (QED) is 0.763. The Labute approximate surface area is 112 Å². The van der Waals surface area contributed by atoms with Crippen molar-refractivity contribution in [1.82, 2.24) is 5.32 Å². The van der Waals surface area contributed by atoms with Crippen molar-refractivity contribution >= 4 is 11.9 Å². The predicted octanol–water partition coefficient (Wildman–Crippen LogP) is 1.77. The summed E-state index contributed by atoms with van der Waals surface area (Å²) in [6, 6.07) is 7.00. The molecular weight excluding hydrogens is 246 g/mol. The van der Waals surface area contributed by atoms with E-state index in [0.717, 1.165) is 0 Å². The number of benzene rings is 1. The van der Waals surface area contributed by atoms with Gasteiger partial charge < -0.3 is 14.8 Å². The zero-order chi connectivity index (χ0) is 14.1. The molecule has 1 aromatic carbocycles. The summed E-state index contributed by atoms with van der Waals surface area (Å²) in [6.07, 6.45) is 0.163. The van der Waals surface area contributed by atoms with Crippen LogP contribution in [0.15, 0.2) is 24.3 Å². The first-order chi connectivity index (χ1) is 9.19. The van der Waals surface area contributed by atoms with E-state index in [1.807, 2.05) is 6.92 Å². The second-order valence-electron chi connectivity index (χ2n) is 3.74. The van der Waals surface area contributed by atoms with Gasteiger partial charge >= 0.3 is 5.97 Å². The molecular formula is C14H19NO4. The van der Waals surface area contributed by atoms with Crippen LogP contribution in [0.5, 0.6) is 5.75 Å². The highest BCUT2D eigenvalue weighted by Gasteiger charge is 2.11. The molecule has 0 bridgehead atoms. The maximum Gasteiger partial charge on any atom is 0.307 e. The molecule has 0 heterocycles. The fourth-order valence-electron chi connectivity index (χ4n) is 1.54. The SMILES string of the molecule is CCOC(=O)CCNC(=O)c1ccccc1OCC. The summed E-state index contributed by atoms with van der Waals surface area (Å²) in [5.74, 6) is -0.0344. The van der Waals surface area contributed by atoms with Gasteiger partial charge in [-0.2, -0.15) is 0 Å². The van der Waals surface area contributed by atoms with E-state index in [4.69, 9.17) is 9.47 Å². The lowest BCUT2D eigenvalue weighted by molar-refractivity contribution is -0.142. The van der Waals surface area contributed by atoms with Gasteiger partial charge in [0.2, 0.25) is 0 Å². The molecule has 0 aromatic heterocycles. The van der Waals surface area contributed by atoms with Gasteiger partial charge in [-0.3, -0.25) is 9.59 Å². The zero-order valence-electron chi connectivity index (χ0n) is 11.3. The van der Waals surface area contributed by atoms with Crippen molar-refractivity contribution in [3.63, 3.8) is 0 Å². The Morgan fingerprint density at radius 1 is 1.16 bits per heavy atom. The number of rotatable bonds is 7. The summed E-state index contributed by atoms with van der Waals surface area (Å²) in [5, 5.41) is 2.67. The molecule has 1 aromatic rings. The number of ether oxygens (including phenoxy) is 2. The molecule has 0 saturated carbocycles. The van der Waals surface area contributed by atoms with Crippen LogP contribution >= 0.6 is 0 Å². The number of nitrogens with one attached hydrogen (secondary N) is 1. The number of hydrogen-bond acceptors (Lipinski definition) is 4. The van der Waals surface area contributed by atoms with E-state index in [0.29, 0.717) is 24.5 Å². The predicted molar refractivity (Wildman–Crippen MR) is 71.2 cm³/mol. The normalized spacial score (nSPS) is 9.79. The van der Waals surface area contributed by atoms with Crippen LogP contribution in [0.3, 0.4) is 0 Å². The van der Waals surface area contributed by atoms with Crippen LogP contribution < -0.4 is 10.1 Å². The molecule has 0 aliphatic rings. The molecule has 1 N–H and O–H groups in total. The van der Waals surface area contributed by atoms with Crippen LogP contribution in [-0.2, 0) is 9.53 Å². The van der Waals surface area contributed by atoms with Gasteiger partial charge in [0.25, 0.3) is 5.91 Å². The molecule has 19 heavy (non-hydrogen) atoms. The summed E-state index contributed by atoms with van der Waals surface area (Å²) in [6.45, 7) is 4.69. The van der Waals surface area contributed by atoms with Crippen LogP contribution in [0.1, 0.15) is 30.6 Å². The second kappa shape index (κ2) is 8.13. The van der Waals surface area contributed by atoms with Gasteiger partial charge in [0.1, 0.15) is 5.75 Å². The lowest BCUT2D eigenvalue weighted by atomic mass is 10.2. The van der Waals surface area contributed by atoms with Crippen LogP contribution in [0.25, 0.3) is 0 Å². The molecule has 0 atom stereocenters. The molecule has 0 spiro atoms. The van der Waals surface area contributed by atoms with Crippen molar-refractivity contribution in [3.05, 3.63) is 29.8 Å². The first-order valence-electron chi connectivity index (χ1n) is 6.34. The fraction of sp³-hybridized carbons (Fsp3) is 0.429. The minimum Gasteiger partial charge on any atom is -0.493 e. The van der Waals surface area contributed by atoms with Gasteiger partial charge in [0.15, 0.2) is 0 Å². The minimum atomic E-state index is -0.319. The van der Waals surface area contributed by atoms with E-state index in [2.05, 4.69) is 5.32 Å². The van der Waals surface area contributed by atoms with Gasteiger partial charge in [-0.05, 0) is 26.0 Å². The Morgan fingerprint density at radius 3 is 2.58 bits per heavy atom. The molecule has 0 unspecified atom stereocenters. The lowest BCUT2D eigenvalue weighted by Gasteiger charge is -2.10. The molecule has 1 rings (SSSR count). The van der Waals surface area contributed by atoms with E-state index in [1.54, 1.807) is 31.2 Å². The molecule has 104 valence electrons. The van der Waals surface area contributed by atoms with Gasteiger partial charge in [-0.25, -0.2) is 0 Å². The standard InChI is InChI=1S/C14H19NO4/c1-3-18-12-8-6-5-7-11(12)14(17)15-10-9-13(16)19-4-2/h5-8H,3-4,9-10H2,1-2H3,(H,15,17).